The van der Waals surface area contributed by atoms with Gasteiger partial charge in [0, 0.05) is 24.7 Å². The Morgan fingerprint density at radius 3 is 2.34 bits per heavy atom. The molecule has 0 aliphatic carbocycles. The molecule has 0 aromatic heterocycles. The van der Waals surface area contributed by atoms with Crippen LogP contribution in [-0.4, -0.2) is 75.8 Å². The number of nitrogens with one attached hydrogen (secondary N) is 1. The van der Waals surface area contributed by atoms with E-state index in [2.05, 4.69) is 10.2 Å². The first-order valence-corrected chi connectivity index (χ1v) is 13.2. The number of carbonyl (C=O) groups is 1. The summed E-state index contributed by atoms with van der Waals surface area (Å²) in [5.41, 5.74) is 1.22. The highest BCUT2D eigenvalue weighted by atomic mass is 32.2. The number of hydrogen-bond donors (Lipinski definition) is 1. The van der Waals surface area contributed by atoms with E-state index in [0.717, 1.165) is 51.6 Å². The summed E-state index contributed by atoms with van der Waals surface area (Å²) in [7, 11) is -3.57. The van der Waals surface area contributed by atoms with Crippen LogP contribution in [0.1, 0.15) is 44.1 Å². The number of benzene rings is 1. The molecule has 0 bridgehead atoms. The van der Waals surface area contributed by atoms with Crippen LogP contribution in [0, 0.1) is 12.8 Å². The Hall–Kier alpha value is -1.52. The van der Waals surface area contributed by atoms with Crippen molar-refractivity contribution in [2.45, 2.75) is 56.6 Å². The lowest BCUT2D eigenvalue weighted by Gasteiger charge is -2.33. The van der Waals surface area contributed by atoms with E-state index in [1.807, 2.05) is 0 Å². The maximum atomic E-state index is 13.2. The maximum Gasteiger partial charge on any atom is 0.243 e. The van der Waals surface area contributed by atoms with Crippen LogP contribution < -0.4 is 5.32 Å². The van der Waals surface area contributed by atoms with Gasteiger partial charge in [-0.1, -0.05) is 18.9 Å². The van der Waals surface area contributed by atoms with Crippen molar-refractivity contribution in [1.29, 1.82) is 0 Å². The third-order valence-electron chi connectivity index (χ3n) is 6.69. The number of likely N-dealkylation sites (tertiary alicyclic amines) is 1. The molecule has 1 amide bonds. The van der Waals surface area contributed by atoms with Gasteiger partial charge in [-0.05, 0) is 63.4 Å². The summed E-state index contributed by atoms with van der Waals surface area (Å²) < 4.78 is 39.3. The second-order valence-corrected chi connectivity index (χ2v) is 11.0. The number of aryl methyl sites for hydroxylation is 1. The number of amides is 1. The quantitative estimate of drug-likeness (QED) is 0.695. The van der Waals surface area contributed by atoms with Gasteiger partial charge in [0.15, 0.2) is 6.29 Å². The molecule has 3 fully saturated rings. The molecular formula is C23H35N3O5S. The van der Waals surface area contributed by atoms with Gasteiger partial charge in [0.05, 0.1) is 24.7 Å². The average molecular weight is 466 g/mol. The Labute approximate surface area is 191 Å². The van der Waals surface area contributed by atoms with E-state index >= 15 is 0 Å². The van der Waals surface area contributed by atoms with Crippen LogP contribution in [0.5, 0.6) is 0 Å². The summed E-state index contributed by atoms with van der Waals surface area (Å²) in [6, 6.07) is 5.15. The van der Waals surface area contributed by atoms with Gasteiger partial charge in [0.1, 0.15) is 0 Å². The van der Waals surface area contributed by atoms with Crippen molar-refractivity contribution in [3.05, 3.63) is 23.8 Å². The third kappa shape index (κ3) is 5.69. The van der Waals surface area contributed by atoms with E-state index in [1.165, 1.54) is 0 Å². The molecule has 0 spiro atoms. The van der Waals surface area contributed by atoms with Crippen molar-refractivity contribution in [3.8, 4) is 0 Å². The number of anilines is 1. The van der Waals surface area contributed by atoms with Crippen LogP contribution in [0.25, 0.3) is 0 Å². The number of piperidine rings is 1. The summed E-state index contributed by atoms with van der Waals surface area (Å²) >= 11 is 0. The summed E-state index contributed by atoms with van der Waals surface area (Å²) in [5.74, 6) is 0.263. The number of sulfonamides is 1. The highest BCUT2D eigenvalue weighted by molar-refractivity contribution is 7.89. The lowest BCUT2D eigenvalue weighted by Crippen LogP contribution is -2.41. The fraction of sp³-hybridized carbons (Fsp3) is 0.696. The van der Waals surface area contributed by atoms with Crippen LogP contribution in [0.4, 0.5) is 5.69 Å². The minimum atomic E-state index is -3.57. The van der Waals surface area contributed by atoms with Crippen molar-refractivity contribution >= 4 is 21.6 Å². The molecule has 32 heavy (non-hydrogen) atoms. The molecule has 9 heteroatoms. The first kappa shape index (κ1) is 23.6. The van der Waals surface area contributed by atoms with Gasteiger partial charge < -0.3 is 14.8 Å². The molecule has 1 aromatic carbocycles. The first-order chi connectivity index (χ1) is 15.4. The lowest BCUT2D eigenvalue weighted by atomic mass is 9.96. The maximum absolute atomic E-state index is 13.2. The molecule has 0 saturated carbocycles. The van der Waals surface area contributed by atoms with E-state index in [1.54, 1.807) is 29.4 Å². The number of hydrogen-bond acceptors (Lipinski definition) is 6. The molecule has 4 rings (SSSR count). The lowest BCUT2D eigenvalue weighted by molar-refractivity contribution is -0.119. The highest BCUT2D eigenvalue weighted by Gasteiger charge is 2.31. The van der Waals surface area contributed by atoms with Crippen LogP contribution in [-0.2, 0) is 24.3 Å². The van der Waals surface area contributed by atoms with Gasteiger partial charge in [0.2, 0.25) is 15.9 Å². The first-order valence-electron chi connectivity index (χ1n) is 11.8. The number of ether oxygens (including phenoxy) is 2. The summed E-state index contributed by atoms with van der Waals surface area (Å²) in [6.07, 6.45) is 5.72. The Kier molecular flexibility index (Phi) is 7.83. The molecule has 0 atom stereocenters. The molecule has 0 radical (unpaired) electrons. The summed E-state index contributed by atoms with van der Waals surface area (Å²) in [6.45, 7) is 6.20. The molecule has 1 aromatic rings. The Morgan fingerprint density at radius 2 is 1.69 bits per heavy atom. The Balaban J connectivity index is 1.34. The van der Waals surface area contributed by atoms with Crippen LogP contribution in [0.2, 0.25) is 0 Å². The van der Waals surface area contributed by atoms with Crippen LogP contribution >= 0.6 is 0 Å². The fourth-order valence-corrected chi connectivity index (χ4v) is 6.58. The molecular weight excluding hydrogens is 430 g/mol. The van der Waals surface area contributed by atoms with E-state index < -0.39 is 10.0 Å². The van der Waals surface area contributed by atoms with Crippen molar-refractivity contribution in [2.24, 2.45) is 5.92 Å². The predicted molar refractivity (Wildman–Crippen MR) is 122 cm³/mol. The minimum Gasteiger partial charge on any atom is -0.350 e. The van der Waals surface area contributed by atoms with Crippen LogP contribution in [0.3, 0.4) is 0 Å². The van der Waals surface area contributed by atoms with Gasteiger partial charge in [-0.2, -0.15) is 4.31 Å². The predicted octanol–water partition coefficient (Wildman–Crippen LogP) is 2.58. The summed E-state index contributed by atoms with van der Waals surface area (Å²) in [5, 5.41) is 2.90. The van der Waals surface area contributed by atoms with Gasteiger partial charge in [-0.25, -0.2) is 8.42 Å². The second kappa shape index (κ2) is 10.6. The molecule has 1 N–H and O–H groups in total. The fourth-order valence-electron chi connectivity index (χ4n) is 4.81. The molecule has 8 nitrogen and oxygen atoms in total. The smallest absolute Gasteiger partial charge is 0.243 e. The zero-order valence-electron chi connectivity index (χ0n) is 18.9. The molecule has 0 unspecified atom stereocenters. The van der Waals surface area contributed by atoms with Crippen LogP contribution in [0.15, 0.2) is 23.1 Å². The molecule has 3 heterocycles. The summed E-state index contributed by atoms with van der Waals surface area (Å²) in [4.78, 5) is 15.1. The van der Waals surface area contributed by atoms with Crippen molar-refractivity contribution in [3.63, 3.8) is 0 Å². The number of nitrogens with zero attached hydrogens (tertiary/aromatic N) is 2. The number of carbonyl (C=O) groups excluding carboxylic acids is 1. The van der Waals surface area contributed by atoms with E-state index in [9.17, 15) is 13.2 Å². The highest BCUT2D eigenvalue weighted by Crippen LogP contribution is 2.27. The van der Waals surface area contributed by atoms with Gasteiger partial charge in [-0.15, -0.1) is 0 Å². The SMILES string of the molecule is Cc1ccc(NC(=O)CN2CCC(C3OCCO3)CC2)cc1S(=O)(=O)N1CCCCCC1. The zero-order chi connectivity index (χ0) is 22.6. The normalized spacial score (nSPS) is 22.7. The third-order valence-corrected chi connectivity index (χ3v) is 8.73. The molecule has 178 valence electrons. The van der Waals surface area contributed by atoms with E-state index in [0.29, 0.717) is 50.0 Å². The molecule has 3 aliphatic rings. The van der Waals surface area contributed by atoms with Gasteiger partial charge in [0.25, 0.3) is 0 Å². The van der Waals surface area contributed by atoms with Crippen molar-refractivity contribution in [2.75, 3.05) is 51.3 Å². The second-order valence-electron chi connectivity index (χ2n) is 9.07. The van der Waals surface area contributed by atoms with Gasteiger partial charge in [-0.3, -0.25) is 9.69 Å². The largest absolute Gasteiger partial charge is 0.350 e. The Morgan fingerprint density at radius 1 is 1.03 bits per heavy atom. The number of rotatable bonds is 6. The van der Waals surface area contributed by atoms with E-state index in [-0.39, 0.29) is 17.1 Å². The standard InChI is InChI=1S/C23H35N3O5S/c1-18-6-7-20(16-21(18)32(28,29)26-10-4-2-3-5-11-26)24-22(27)17-25-12-8-19(9-13-25)23-30-14-15-31-23/h6-7,16,19,23H,2-5,8-15,17H2,1H3,(H,24,27). The van der Waals surface area contributed by atoms with Crippen molar-refractivity contribution in [1.82, 2.24) is 9.21 Å². The topological polar surface area (TPSA) is 88.2 Å². The molecule has 3 saturated heterocycles. The van der Waals surface area contributed by atoms with Crippen molar-refractivity contribution < 1.29 is 22.7 Å². The minimum absolute atomic E-state index is 0.0943. The monoisotopic (exact) mass is 465 g/mol. The van der Waals surface area contributed by atoms with Gasteiger partial charge >= 0.3 is 0 Å². The Bertz CT molecular complexity index is 885. The zero-order valence-corrected chi connectivity index (χ0v) is 19.7. The molecule has 3 aliphatic heterocycles. The van der Waals surface area contributed by atoms with E-state index in [4.69, 9.17) is 9.47 Å². The average Bonchev–Trinajstić information content (AvgIpc) is 3.17.